The number of nitrogens with zero attached hydrogens (tertiary/aromatic N) is 2. The standard InChI is InChI=1S/C17H26N2O3S2/c1-13-4-3-9-18(12-13)17(20)15-7-10-19(11-8-15)24(21,22)16-6-5-14(2)23-16/h5-6,13,15H,3-4,7-12H2,1-2H3. The molecule has 3 heterocycles. The Labute approximate surface area is 148 Å². The van der Waals surface area contributed by atoms with E-state index in [-0.39, 0.29) is 11.8 Å². The molecule has 3 rings (SSSR count). The normalized spacial score (nSPS) is 24.2. The molecular formula is C17H26N2O3S2. The molecule has 0 N–H and O–H groups in total. The van der Waals surface area contributed by atoms with Crippen molar-refractivity contribution in [3.8, 4) is 0 Å². The number of aryl methyl sites for hydroxylation is 1. The summed E-state index contributed by atoms with van der Waals surface area (Å²) in [6, 6.07) is 3.52. The highest BCUT2D eigenvalue weighted by Crippen LogP contribution is 2.29. The summed E-state index contributed by atoms with van der Waals surface area (Å²) in [6.45, 7) is 6.70. The van der Waals surface area contributed by atoms with E-state index >= 15 is 0 Å². The SMILES string of the molecule is Cc1ccc(S(=O)(=O)N2CCC(C(=O)N3CCCC(C)C3)CC2)s1. The Balaban J connectivity index is 1.60. The summed E-state index contributed by atoms with van der Waals surface area (Å²) < 4.78 is 27.3. The van der Waals surface area contributed by atoms with Gasteiger partial charge in [-0.3, -0.25) is 4.79 Å². The third-order valence-corrected chi connectivity index (χ3v) is 8.45. The van der Waals surface area contributed by atoms with E-state index in [1.807, 2.05) is 17.9 Å². The molecular weight excluding hydrogens is 344 g/mol. The largest absolute Gasteiger partial charge is 0.342 e. The zero-order valence-corrected chi connectivity index (χ0v) is 16.0. The lowest BCUT2D eigenvalue weighted by Gasteiger charge is -2.36. The van der Waals surface area contributed by atoms with Crippen molar-refractivity contribution in [2.75, 3.05) is 26.2 Å². The van der Waals surface area contributed by atoms with Crippen LogP contribution in [-0.2, 0) is 14.8 Å². The van der Waals surface area contributed by atoms with Gasteiger partial charge in [0.15, 0.2) is 0 Å². The molecule has 1 amide bonds. The van der Waals surface area contributed by atoms with Gasteiger partial charge in [0.25, 0.3) is 10.0 Å². The summed E-state index contributed by atoms with van der Waals surface area (Å²) in [4.78, 5) is 15.7. The summed E-state index contributed by atoms with van der Waals surface area (Å²) >= 11 is 1.31. The first-order chi connectivity index (χ1) is 11.4. The lowest BCUT2D eigenvalue weighted by atomic mass is 9.93. The molecule has 7 heteroatoms. The zero-order valence-electron chi connectivity index (χ0n) is 14.4. The summed E-state index contributed by atoms with van der Waals surface area (Å²) in [5.74, 6) is 0.780. The molecule has 0 bridgehead atoms. The predicted octanol–water partition coefficient (Wildman–Crippen LogP) is 2.72. The van der Waals surface area contributed by atoms with Gasteiger partial charge in [0.2, 0.25) is 5.91 Å². The van der Waals surface area contributed by atoms with Gasteiger partial charge in [-0.2, -0.15) is 4.31 Å². The van der Waals surface area contributed by atoms with E-state index in [0.29, 0.717) is 36.1 Å². The highest BCUT2D eigenvalue weighted by molar-refractivity contribution is 7.91. The van der Waals surface area contributed by atoms with Crippen LogP contribution in [0.15, 0.2) is 16.3 Å². The quantitative estimate of drug-likeness (QED) is 0.822. The fraction of sp³-hybridized carbons (Fsp3) is 0.706. The van der Waals surface area contributed by atoms with Crippen LogP contribution in [0.2, 0.25) is 0 Å². The number of hydrogen-bond donors (Lipinski definition) is 0. The molecule has 0 aromatic carbocycles. The molecule has 1 aromatic rings. The number of sulfonamides is 1. The van der Waals surface area contributed by atoms with E-state index in [1.54, 1.807) is 10.4 Å². The number of rotatable bonds is 3. The average Bonchev–Trinajstić information content (AvgIpc) is 3.01. The Morgan fingerprint density at radius 1 is 1.17 bits per heavy atom. The average molecular weight is 371 g/mol. The monoisotopic (exact) mass is 370 g/mol. The van der Waals surface area contributed by atoms with Gasteiger partial charge in [0, 0.05) is 37.0 Å². The van der Waals surface area contributed by atoms with Crippen molar-refractivity contribution < 1.29 is 13.2 Å². The Morgan fingerprint density at radius 3 is 2.46 bits per heavy atom. The van der Waals surface area contributed by atoms with E-state index in [2.05, 4.69) is 6.92 Å². The van der Waals surface area contributed by atoms with E-state index < -0.39 is 10.0 Å². The fourth-order valence-electron chi connectivity index (χ4n) is 3.67. The van der Waals surface area contributed by atoms with Crippen LogP contribution in [0.5, 0.6) is 0 Å². The summed E-state index contributed by atoms with van der Waals surface area (Å²) in [5.41, 5.74) is 0. The fourth-order valence-corrected chi connectivity index (χ4v) is 6.58. The van der Waals surface area contributed by atoms with Crippen LogP contribution in [0.1, 0.15) is 37.5 Å². The van der Waals surface area contributed by atoms with Gasteiger partial charge >= 0.3 is 0 Å². The smallest absolute Gasteiger partial charge is 0.252 e. The van der Waals surface area contributed by atoms with Crippen molar-refractivity contribution in [3.63, 3.8) is 0 Å². The Morgan fingerprint density at radius 2 is 1.88 bits per heavy atom. The maximum Gasteiger partial charge on any atom is 0.252 e. The van der Waals surface area contributed by atoms with Crippen molar-refractivity contribution in [3.05, 3.63) is 17.0 Å². The lowest BCUT2D eigenvalue weighted by Crippen LogP contribution is -2.46. The molecule has 0 aliphatic carbocycles. The second-order valence-corrected chi connectivity index (χ2v) is 10.5. The van der Waals surface area contributed by atoms with Crippen molar-refractivity contribution in [2.24, 2.45) is 11.8 Å². The molecule has 1 unspecified atom stereocenters. The minimum absolute atomic E-state index is 0.0215. The van der Waals surface area contributed by atoms with Crippen LogP contribution in [0.3, 0.4) is 0 Å². The van der Waals surface area contributed by atoms with Crippen LogP contribution < -0.4 is 0 Å². The van der Waals surface area contributed by atoms with E-state index in [9.17, 15) is 13.2 Å². The number of hydrogen-bond acceptors (Lipinski definition) is 4. The Kier molecular flexibility index (Phi) is 5.32. The van der Waals surface area contributed by atoms with Gasteiger partial charge < -0.3 is 4.90 Å². The number of thiophene rings is 1. The van der Waals surface area contributed by atoms with Crippen molar-refractivity contribution in [1.82, 2.24) is 9.21 Å². The number of likely N-dealkylation sites (tertiary alicyclic amines) is 1. The van der Waals surface area contributed by atoms with E-state index in [0.717, 1.165) is 24.4 Å². The van der Waals surface area contributed by atoms with Gasteiger partial charge in [0.05, 0.1) is 0 Å². The molecule has 0 radical (unpaired) electrons. The lowest BCUT2D eigenvalue weighted by molar-refractivity contribution is -0.138. The molecule has 2 saturated heterocycles. The molecule has 1 aromatic heterocycles. The second kappa shape index (κ2) is 7.14. The van der Waals surface area contributed by atoms with Gasteiger partial charge in [0.1, 0.15) is 4.21 Å². The second-order valence-electron chi connectivity index (χ2n) is 7.08. The van der Waals surface area contributed by atoms with E-state index in [4.69, 9.17) is 0 Å². The molecule has 134 valence electrons. The van der Waals surface area contributed by atoms with Crippen LogP contribution in [0, 0.1) is 18.8 Å². The minimum atomic E-state index is -3.40. The highest BCUT2D eigenvalue weighted by atomic mass is 32.2. The Hall–Kier alpha value is -0.920. The first kappa shape index (κ1) is 17.9. The molecule has 0 spiro atoms. The molecule has 0 saturated carbocycles. The molecule has 1 atom stereocenters. The first-order valence-electron chi connectivity index (χ1n) is 8.73. The Bertz CT molecular complexity index is 690. The van der Waals surface area contributed by atoms with Crippen LogP contribution in [-0.4, -0.2) is 49.7 Å². The molecule has 24 heavy (non-hydrogen) atoms. The third-order valence-electron chi connectivity index (χ3n) is 5.08. The van der Waals surface area contributed by atoms with Crippen LogP contribution in [0.4, 0.5) is 0 Å². The number of amides is 1. The predicted molar refractivity (Wildman–Crippen MR) is 95.5 cm³/mol. The topological polar surface area (TPSA) is 57.7 Å². The molecule has 2 fully saturated rings. The minimum Gasteiger partial charge on any atom is -0.342 e. The summed E-state index contributed by atoms with van der Waals surface area (Å²) in [6.07, 6.45) is 3.54. The van der Waals surface area contributed by atoms with Crippen LogP contribution >= 0.6 is 11.3 Å². The molecule has 5 nitrogen and oxygen atoms in total. The highest BCUT2D eigenvalue weighted by Gasteiger charge is 2.35. The van der Waals surface area contributed by atoms with Crippen molar-refractivity contribution in [2.45, 2.75) is 43.7 Å². The molecule has 2 aliphatic rings. The number of carbonyl (C=O) groups is 1. The maximum atomic E-state index is 12.7. The van der Waals surface area contributed by atoms with Gasteiger partial charge in [-0.05, 0) is 50.7 Å². The summed E-state index contributed by atoms with van der Waals surface area (Å²) in [5, 5.41) is 0. The first-order valence-corrected chi connectivity index (χ1v) is 11.0. The van der Waals surface area contributed by atoms with Crippen molar-refractivity contribution in [1.29, 1.82) is 0 Å². The summed E-state index contributed by atoms with van der Waals surface area (Å²) in [7, 11) is -3.40. The number of piperidine rings is 2. The van der Waals surface area contributed by atoms with E-state index in [1.165, 1.54) is 17.8 Å². The van der Waals surface area contributed by atoms with Gasteiger partial charge in [-0.25, -0.2) is 8.42 Å². The number of carbonyl (C=O) groups excluding carboxylic acids is 1. The molecule has 2 aliphatic heterocycles. The van der Waals surface area contributed by atoms with Gasteiger partial charge in [-0.15, -0.1) is 11.3 Å². The van der Waals surface area contributed by atoms with Crippen molar-refractivity contribution >= 4 is 27.3 Å². The maximum absolute atomic E-state index is 12.7. The zero-order chi connectivity index (χ0) is 17.3. The van der Waals surface area contributed by atoms with Gasteiger partial charge in [-0.1, -0.05) is 6.92 Å². The van der Waals surface area contributed by atoms with Crippen LogP contribution in [0.25, 0.3) is 0 Å². The third kappa shape index (κ3) is 3.68.